The second kappa shape index (κ2) is 9.09. The maximum atomic E-state index is 12.5. The number of carbonyl (C=O) groups is 1. The zero-order valence-corrected chi connectivity index (χ0v) is 16.4. The van der Waals surface area contributed by atoms with Gasteiger partial charge in [-0.2, -0.15) is 0 Å². The molecule has 1 aliphatic heterocycles. The fourth-order valence-corrected chi connectivity index (χ4v) is 4.23. The van der Waals surface area contributed by atoms with Crippen LogP contribution in [0.5, 0.6) is 11.5 Å². The summed E-state index contributed by atoms with van der Waals surface area (Å²) in [6.07, 6.45) is -0.166. The summed E-state index contributed by atoms with van der Waals surface area (Å²) in [5, 5.41) is 12.0. The molecule has 1 aliphatic rings. The number of ether oxygens (including phenoxy) is 2. The molecule has 0 radical (unpaired) electrons. The van der Waals surface area contributed by atoms with E-state index in [1.165, 1.54) is 23.1 Å². The Kier molecular flexibility index (Phi) is 6.56. The summed E-state index contributed by atoms with van der Waals surface area (Å²) < 4.78 is 12.5. The van der Waals surface area contributed by atoms with Crippen LogP contribution in [0.4, 0.5) is 5.13 Å². The fraction of sp³-hybridized carbons (Fsp3) is 0.471. The summed E-state index contributed by atoms with van der Waals surface area (Å²) in [5.41, 5.74) is 0. The summed E-state index contributed by atoms with van der Waals surface area (Å²) in [5.74, 6) is 1.87. The summed E-state index contributed by atoms with van der Waals surface area (Å²) in [7, 11) is 0. The standard InChI is InChI=1S/C17H22N4O3S2/c1-3-18-16-19-20-17(26-16)25-11-15(22)21(4-2)9-12-10-23-13-7-5-6-8-14(13)24-12/h5-8,12H,3-4,9-11H2,1-2H3,(H,18,19)/t12-/m0/s1. The van der Waals surface area contributed by atoms with Crippen molar-refractivity contribution < 1.29 is 14.3 Å². The van der Waals surface area contributed by atoms with Crippen LogP contribution in [0.15, 0.2) is 28.6 Å². The average Bonchev–Trinajstić information content (AvgIpc) is 3.12. The molecule has 0 unspecified atom stereocenters. The normalized spacial score (nSPS) is 15.5. The van der Waals surface area contributed by atoms with E-state index in [4.69, 9.17) is 9.47 Å². The van der Waals surface area contributed by atoms with E-state index < -0.39 is 0 Å². The third-order valence-electron chi connectivity index (χ3n) is 3.78. The molecule has 0 fully saturated rings. The first-order valence-electron chi connectivity index (χ1n) is 8.56. The van der Waals surface area contributed by atoms with Gasteiger partial charge in [0.1, 0.15) is 6.61 Å². The SMILES string of the molecule is CCNc1nnc(SCC(=O)N(CC)C[C@H]2COc3ccccc3O2)s1. The number of benzene rings is 1. The molecule has 9 heteroatoms. The number of rotatable bonds is 8. The molecule has 2 heterocycles. The van der Waals surface area contributed by atoms with Gasteiger partial charge in [0.25, 0.3) is 0 Å². The van der Waals surface area contributed by atoms with Gasteiger partial charge >= 0.3 is 0 Å². The number of hydrogen-bond donors (Lipinski definition) is 1. The van der Waals surface area contributed by atoms with Crippen molar-refractivity contribution in [1.29, 1.82) is 0 Å². The highest BCUT2D eigenvalue weighted by Crippen LogP contribution is 2.31. The first kappa shape index (κ1) is 18.8. The number of nitrogens with zero attached hydrogens (tertiary/aromatic N) is 3. The smallest absolute Gasteiger partial charge is 0.233 e. The summed E-state index contributed by atoms with van der Waals surface area (Å²) in [4.78, 5) is 14.3. The molecule has 26 heavy (non-hydrogen) atoms. The number of para-hydroxylation sites is 2. The third kappa shape index (κ3) is 4.79. The van der Waals surface area contributed by atoms with Crippen LogP contribution >= 0.6 is 23.1 Å². The minimum atomic E-state index is -0.166. The Morgan fingerprint density at radius 1 is 1.35 bits per heavy atom. The number of likely N-dealkylation sites (N-methyl/N-ethyl adjacent to an activating group) is 1. The molecule has 0 aliphatic carbocycles. The van der Waals surface area contributed by atoms with E-state index in [2.05, 4.69) is 15.5 Å². The molecule has 0 saturated carbocycles. The van der Waals surface area contributed by atoms with E-state index >= 15 is 0 Å². The molecule has 0 spiro atoms. The van der Waals surface area contributed by atoms with Gasteiger partial charge in [0.2, 0.25) is 11.0 Å². The van der Waals surface area contributed by atoms with Crippen LogP contribution in [0.2, 0.25) is 0 Å². The lowest BCUT2D eigenvalue weighted by atomic mass is 10.2. The predicted octanol–water partition coefficient (Wildman–Crippen LogP) is 2.75. The topological polar surface area (TPSA) is 76.6 Å². The Labute approximate surface area is 161 Å². The van der Waals surface area contributed by atoms with Crippen molar-refractivity contribution in [3.8, 4) is 11.5 Å². The minimum Gasteiger partial charge on any atom is -0.486 e. The van der Waals surface area contributed by atoms with E-state index in [1.807, 2.05) is 38.1 Å². The number of amides is 1. The Morgan fingerprint density at radius 3 is 2.92 bits per heavy atom. The lowest BCUT2D eigenvalue weighted by molar-refractivity contribution is -0.129. The summed E-state index contributed by atoms with van der Waals surface area (Å²) in [6.45, 7) is 6.34. The van der Waals surface area contributed by atoms with E-state index in [-0.39, 0.29) is 12.0 Å². The van der Waals surface area contributed by atoms with Crippen molar-refractivity contribution in [2.75, 3.05) is 37.3 Å². The Balaban J connectivity index is 1.51. The number of aromatic nitrogens is 2. The van der Waals surface area contributed by atoms with Crippen LogP contribution in [0.1, 0.15) is 13.8 Å². The van der Waals surface area contributed by atoms with Crippen LogP contribution in [0, 0.1) is 0 Å². The lowest BCUT2D eigenvalue weighted by Crippen LogP contribution is -2.44. The number of fused-ring (bicyclic) bond motifs is 1. The van der Waals surface area contributed by atoms with Crippen LogP contribution in [-0.4, -0.2) is 59.1 Å². The molecule has 1 aromatic heterocycles. The van der Waals surface area contributed by atoms with Crippen molar-refractivity contribution in [2.45, 2.75) is 24.3 Å². The monoisotopic (exact) mass is 394 g/mol. The highest BCUT2D eigenvalue weighted by atomic mass is 32.2. The molecule has 0 saturated heterocycles. The van der Waals surface area contributed by atoms with Gasteiger partial charge in [0.15, 0.2) is 21.9 Å². The van der Waals surface area contributed by atoms with E-state index in [9.17, 15) is 4.79 Å². The molecule has 1 aromatic carbocycles. The Morgan fingerprint density at radius 2 is 2.15 bits per heavy atom. The lowest BCUT2D eigenvalue weighted by Gasteiger charge is -2.30. The average molecular weight is 395 g/mol. The maximum Gasteiger partial charge on any atom is 0.233 e. The number of carbonyl (C=O) groups excluding carboxylic acids is 1. The quantitative estimate of drug-likeness (QED) is 0.690. The van der Waals surface area contributed by atoms with Gasteiger partial charge in [-0.25, -0.2) is 0 Å². The van der Waals surface area contributed by atoms with E-state index in [0.29, 0.717) is 25.4 Å². The van der Waals surface area contributed by atoms with Crippen molar-refractivity contribution in [3.05, 3.63) is 24.3 Å². The molecule has 1 atom stereocenters. The molecule has 7 nitrogen and oxygen atoms in total. The summed E-state index contributed by atoms with van der Waals surface area (Å²) in [6, 6.07) is 7.59. The van der Waals surface area contributed by atoms with Crippen LogP contribution in [-0.2, 0) is 4.79 Å². The number of anilines is 1. The molecule has 3 rings (SSSR count). The van der Waals surface area contributed by atoms with Crippen LogP contribution in [0.25, 0.3) is 0 Å². The predicted molar refractivity (Wildman–Crippen MR) is 103 cm³/mol. The maximum absolute atomic E-state index is 12.5. The van der Waals surface area contributed by atoms with E-state index in [1.54, 1.807) is 4.90 Å². The first-order valence-corrected chi connectivity index (χ1v) is 10.4. The number of thioether (sulfide) groups is 1. The van der Waals surface area contributed by atoms with Crippen LogP contribution in [0.3, 0.4) is 0 Å². The summed E-state index contributed by atoms with van der Waals surface area (Å²) >= 11 is 2.87. The van der Waals surface area contributed by atoms with Gasteiger partial charge in [-0.3, -0.25) is 4.79 Å². The van der Waals surface area contributed by atoms with Gasteiger partial charge in [0, 0.05) is 13.1 Å². The Bertz CT molecular complexity index is 740. The number of hydrogen-bond acceptors (Lipinski definition) is 8. The minimum absolute atomic E-state index is 0.0557. The zero-order valence-electron chi connectivity index (χ0n) is 14.8. The molecule has 1 N–H and O–H groups in total. The molecule has 0 bridgehead atoms. The highest BCUT2D eigenvalue weighted by Gasteiger charge is 2.25. The number of nitrogens with one attached hydrogen (secondary N) is 1. The molecular weight excluding hydrogens is 372 g/mol. The van der Waals surface area contributed by atoms with Gasteiger partial charge in [-0.1, -0.05) is 35.2 Å². The Hall–Kier alpha value is -2.00. The largest absolute Gasteiger partial charge is 0.486 e. The molecule has 140 valence electrons. The molecule has 2 aromatic rings. The fourth-order valence-electron chi connectivity index (χ4n) is 2.51. The molecular formula is C17H22N4O3S2. The van der Waals surface area contributed by atoms with E-state index in [0.717, 1.165) is 27.5 Å². The van der Waals surface area contributed by atoms with Crippen molar-refractivity contribution >= 4 is 34.1 Å². The first-order chi connectivity index (χ1) is 12.7. The highest BCUT2D eigenvalue weighted by molar-refractivity contribution is 8.01. The van der Waals surface area contributed by atoms with Crippen LogP contribution < -0.4 is 14.8 Å². The van der Waals surface area contributed by atoms with Gasteiger partial charge in [-0.05, 0) is 26.0 Å². The second-order valence-electron chi connectivity index (χ2n) is 5.62. The zero-order chi connectivity index (χ0) is 18.4. The van der Waals surface area contributed by atoms with Gasteiger partial charge < -0.3 is 19.7 Å². The van der Waals surface area contributed by atoms with Crippen molar-refractivity contribution in [3.63, 3.8) is 0 Å². The van der Waals surface area contributed by atoms with Crippen molar-refractivity contribution in [2.24, 2.45) is 0 Å². The van der Waals surface area contributed by atoms with Crippen molar-refractivity contribution in [1.82, 2.24) is 15.1 Å². The molecule has 1 amide bonds. The van der Waals surface area contributed by atoms with Gasteiger partial charge in [0.05, 0.1) is 12.3 Å². The third-order valence-corrected chi connectivity index (χ3v) is 5.78. The van der Waals surface area contributed by atoms with Gasteiger partial charge in [-0.15, -0.1) is 10.2 Å². The second-order valence-corrected chi connectivity index (χ2v) is 7.82.